The molecule has 1 saturated heterocycles. The fourth-order valence-electron chi connectivity index (χ4n) is 3.06. The summed E-state index contributed by atoms with van der Waals surface area (Å²) in [7, 11) is -2.23. The number of nitrogens with zero attached hydrogens (tertiary/aromatic N) is 2. The Morgan fingerprint density at radius 3 is 2.44 bits per heavy atom. The van der Waals surface area contributed by atoms with Crippen molar-refractivity contribution in [1.29, 1.82) is 0 Å². The average molecular weight is 389 g/mol. The predicted molar refractivity (Wildman–Crippen MR) is 102 cm³/mol. The molecule has 0 aliphatic carbocycles. The minimum Gasteiger partial charge on any atom is -0.408 e. The van der Waals surface area contributed by atoms with Crippen molar-refractivity contribution in [3.63, 3.8) is 0 Å². The molecule has 8 nitrogen and oxygen atoms in total. The number of rotatable bonds is 4. The smallest absolute Gasteiger partial charge is 0.408 e. The minimum atomic E-state index is -3.80. The zero-order valence-corrected chi connectivity index (χ0v) is 15.5. The highest BCUT2D eigenvalue weighted by Gasteiger charge is 2.18. The molecule has 1 fully saturated rings. The van der Waals surface area contributed by atoms with Crippen LogP contribution in [0.15, 0.2) is 56.6 Å². The normalized spacial score (nSPS) is 15.2. The van der Waals surface area contributed by atoms with Gasteiger partial charge in [-0.2, -0.15) is 0 Å². The number of sulfonamides is 1. The van der Waals surface area contributed by atoms with E-state index in [9.17, 15) is 13.2 Å². The third-order valence-corrected chi connectivity index (χ3v) is 5.95. The van der Waals surface area contributed by atoms with Gasteiger partial charge in [0.05, 0.1) is 23.6 Å². The van der Waals surface area contributed by atoms with Crippen LogP contribution in [-0.4, -0.2) is 39.3 Å². The molecule has 0 saturated carbocycles. The summed E-state index contributed by atoms with van der Waals surface area (Å²) in [6.07, 6.45) is 0. The number of fused-ring (bicyclic) bond motifs is 1. The van der Waals surface area contributed by atoms with Gasteiger partial charge in [0.1, 0.15) is 0 Å². The Bertz CT molecular complexity index is 1130. The van der Waals surface area contributed by atoms with E-state index >= 15 is 0 Å². The first-order valence-corrected chi connectivity index (χ1v) is 9.97. The molecule has 0 atom stereocenters. The second kappa shape index (κ2) is 6.75. The first kappa shape index (κ1) is 17.6. The van der Waals surface area contributed by atoms with Crippen LogP contribution in [0.25, 0.3) is 11.1 Å². The lowest BCUT2D eigenvalue weighted by Gasteiger charge is -2.28. The van der Waals surface area contributed by atoms with Gasteiger partial charge in [-0.15, -0.1) is 0 Å². The van der Waals surface area contributed by atoms with Crippen molar-refractivity contribution < 1.29 is 17.6 Å². The summed E-state index contributed by atoms with van der Waals surface area (Å²) >= 11 is 0. The number of aryl methyl sites for hydroxylation is 1. The molecule has 1 aromatic heterocycles. The summed E-state index contributed by atoms with van der Waals surface area (Å²) in [6.45, 7) is 3.00. The number of aromatic nitrogens is 1. The number of anilines is 2. The van der Waals surface area contributed by atoms with Gasteiger partial charge in [0.25, 0.3) is 10.0 Å². The van der Waals surface area contributed by atoms with Crippen molar-refractivity contribution in [2.75, 3.05) is 35.9 Å². The lowest BCUT2D eigenvalue weighted by atomic mass is 10.2. The van der Waals surface area contributed by atoms with Crippen molar-refractivity contribution in [2.45, 2.75) is 4.90 Å². The number of benzene rings is 2. The van der Waals surface area contributed by atoms with E-state index in [1.165, 1.54) is 16.7 Å². The van der Waals surface area contributed by atoms with E-state index in [2.05, 4.69) is 9.62 Å². The second-order valence-electron chi connectivity index (χ2n) is 6.31. The van der Waals surface area contributed by atoms with Gasteiger partial charge in [-0.1, -0.05) is 0 Å². The number of morpholine rings is 1. The third kappa shape index (κ3) is 3.43. The van der Waals surface area contributed by atoms with Gasteiger partial charge in [-0.05, 0) is 36.4 Å². The van der Waals surface area contributed by atoms with E-state index in [1.54, 1.807) is 25.2 Å². The topological polar surface area (TPSA) is 93.8 Å². The molecule has 27 heavy (non-hydrogen) atoms. The second-order valence-corrected chi connectivity index (χ2v) is 7.99. The Morgan fingerprint density at radius 1 is 1.04 bits per heavy atom. The van der Waals surface area contributed by atoms with Gasteiger partial charge in [0, 0.05) is 37.6 Å². The molecule has 0 amide bonds. The van der Waals surface area contributed by atoms with E-state index in [-0.39, 0.29) is 10.5 Å². The number of oxazole rings is 1. The Kier molecular flexibility index (Phi) is 4.40. The van der Waals surface area contributed by atoms with Crippen LogP contribution < -0.4 is 15.4 Å². The van der Waals surface area contributed by atoms with E-state index in [0.717, 1.165) is 18.8 Å². The van der Waals surface area contributed by atoms with Crippen molar-refractivity contribution in [2.24, 2.45) is 7.05 Å². The Hall–Kier alpha value is -2.78. The molecule has 142 valence electrons. The van der Waals surface area contributed by atoms with Crippen LogP contribution in [0, 0.1) is 0 Å². The standard InChI is InChI=1S/C18H19N3O5S/c1-20-16-7-6-15(12-17(16)26-18(20)22)27(23,24)19-13-2-4-14(5-3-13)21-8-10-25-11-9-21/h2-7,12,19H,8-11H2,1H3. The Balaban J connectivity index is 1.56. The van der Waals surface area contributed by atoms with E-state index in [0.29, 0.717) is 24.4 Å². The summed E-state index contributed by atoms with van der Waals surface area (Å²) in [6, 6.07) is 11.6. The SMILES string of the molecule is Cn1c(=O)oc2cc(S(=O)(=O)Nc3ccc(N4CCOCC4)cc3)ccc21. The fourth-order valence-corrected chi connectivity index (χ4v) is 4.13. The highest BCUT2D eigenvalue weighted by molar-refractivity contribution is 7.92. The molecule has 9 heteroatoms. The first-order chi connectivity index (χ1) is 12.9. The van der Waals surface area contributed by atoms with E-state index < -0.39 is 15.8 Å². The molecule has 1 N–H and O–H groups in total. The van der Waals surface area contributed by atoms with E-state index in [1.807, 2.05) is 12.1 Å². The molecule has 0 spiro atoms. The van der Waals surface area contributed by atoms with Crippen LogP contribution in [0.4, 0.5) is 11.4 Å². The van der Waals surface area contributed by atoms with Crippen LogP contribution >= 0.6 is 0 Å². The number of hydrogen-bond acceptors (Lipinski definition) is 6. The van der Waals surface area contributed by atoms with Crippen LogP contribution in [0.1, 0.15) is 0 Å². The molecule has 0 unspecified atom stereocenters. The molecule has 2 aromatic carbocycles. The van der Waals surface area contributed by atoms with Crippen LogP contribution in [0.3, 0.4) is 0 Å². The fraction of sp³-hybridized carbons (Fsp3) is 0.278. The summed E-state index contributed by atoms with van der Waals surface area (Å²) in [4.78, 5) is 13.8. The molecule has 1 aliphatic rings. The quantitative estimate of drug-likeness (QED) is 0.731. The molecular weight excluding hydrogens is 370 g/mol. The van der Waals surface area contributed by atoms with Gasteiger partial charge < -0.3 is 14.1 Å². The van der Waals surface area contributed by atoms with Crippen molar-refractivity contribution >= 4 is 32.5 Å². The van der Waals surface area contributed by atoms with Gasteiger partial charge in [0.2, 0.25) is 0 Å². The minimum absolute atomic E-state index is 0.0293. The average Bonchev–Trinajstić information content (AvgIpc) is 2.96. The van der Waals surface area contributed by atoms with Gasteiger partial charge in [-0.25, -0.2) is 13.2 Å². The number of hydrogen-bond donors (Lipinski definition) is 1. The number of nitrogens with one attached hydrogen (secondary N) is 1. The van der Waals surface area contributed by atoms with Gasteiger partial charge in [0.15, 0.2) is 5.58 Å². The van der Waals surface area contributed by atoms with Crippen LogP contribution in [0.2, 0.25) is 0 Å². The molecular formula is C18H19N3O5S. The zero-order chi connectivity index (χ0) is 19.0. The lowest BCUT2D eigenvalue weighted by Crippen LogP contribution is -2.36. The molecule has 3 aromatic rings. The zero-order valence-electron chi connectivity index (χ0n) is 14.7. The number of ether oxygens (including phenoxy) is 1. The Morgan fingerprint density at radius 2 is 1.74 bits per heavy atom. The van der Waals surface area contributed by atoms with Gasteiger partial charge >= 0.3 is 5.76 Å². The highest BCUT2D eigenvalue weighted by atomic mass is 32.2. The molecule has 1 aliphatic heterocycles. The molecule has 0 bridgehead atoms. The monoisotopic (exact) mass is 389 g/mol. The molecule has 2 heterocycles. The maximum absolute atomic E-state index is 12.7. The molecule has 4 rings (SSSR count). The largest absolute Gasteiger partial charge is 0.419 e. The third-order valence-electron chi connectivity index (χ3n) is 4.57. The first-order valence-electron chi connectivity index (χ1n) is 8.49. The van der Waals surface area contributed by atoms with E-state index in [4.69, 9.17) is 9.15 Å². The van der Waals surface area contributed by atoms with Crippen molar-refractivity contribution in [3.8, 4) is 0 Å². The summed E-state index contributed by atoms with van der Waals surface area (Å²) in [5.74, 6) is -0.536. The summed E-state index contributed by atoms with van der Waals surface area (Å²) in [5.41, 5.74) is 2.25. The summed E-state index contributed by atoms with van der Waals surface area (Å²) < 4.78 is 39.6. The van der Waals surface area contributed by atoms with Gasteiger partial charge in [-0.3, -0.25) is 9.29 Å². The predicted octanol–water partition coefficient (Wildman–Crippen LogP) is 1.77. The van der Waals surface area contributed by atoms with Crippen LogP contribution in [-0.2, 0) is 21.8 Å². The van der Waals surface area contributed by atoms with Crippen molar-refractivity contribution in [1.82, 2.24) is 4.57 Å². The Labute approximate surface area is 156 Å². The van der Waals surface area contributed by atoms with Crippen LogP contribution in [0.5, 0.6) is 0 Å². The maximum Gasteiger partial charge on any atom is 0.419 e. The highest BCUT2D eigenvalue weighted by Crippen LogP contribution is 2.23. The maximum atomic E-state index is 12.7. The summed E-state index contributed by atoms with van der Waals surface area (Å²) in [5, 5.41) is 0. The molecule has 0 radical (unpaired) electrons. The lowest BCUT2D eigenvalue weighted by molar-refractivity contribution is 0.122. The van der Waals surface area contributed by atoms with Crippen molar-refractivity contribution in [3.05, 3.63) is 53.0 Å².